The first-order chi connectivity index (χ1) is 9.13. The Labute approximate surface area is 118 Å². The van der Waals surface area contributed by atoms with Gasteiger partial charge in [-0.05, 0) is 0 Å². The van der Waals surface area contributed by atoms with Crippen molar-refractivity contribution in [2.24, 2.45) is 0 Å². The fourth-order valence-corrected chi connectivity index (χ4v) is 4.33. The SMILES string of the molecule is OC[C@H]1O[C@@H]([Se]Cc2ccccc2)[C@H](O)[C@@H](O)[C@@H]1O. The van der Waals surface area contributed by atoms with Crippen LogP contribution in [0.1, 0.15) is 5.56 Å². The van der Waals surface area contributed by atoms with Gasteiger partial charge in [-0.2, -0.15) is 0 Å². The van der Waals surface area contributed by atoms with E-state index in [0.717, 1.165) is 10.9 Å². The summed E-state index contributed by atoms with van der Waals surface area (Å²) in [7, 11) is 0. The maximum atomic E-state index is 9.90. The van der Waals surface area contributed by atoms with Crippen LogP contribution in [0.4, 0.5) is 0 Å². The summed E-state index contributed by atoms with van der Waals surface area (Å²) in [5.74, 6) is 0. The Morgan fingerprint density at radius 3 is 2.32 bits per heavy atom. The van der Waals surface area contributed by atoms with Crippen LogP contribution in [0.3, 0.4) is 0 Å². The average Bonchev–Trinajstić information content (AvgIpc) is 2.45. The monoisotopic (exact) mass is 334 g/mol. The third kappa shape index (κ3) is 3.55. The van der Waals surface area contributed by atoms with Crippen molar-refractivity contribution < 1.29 is 25.2 Å². The van der Waals surface area contributed by atoms with E-state index in [1.165, 1.54) is 0 Å². The van der Waals surface area contributed by atoms with Gasteiger partial charge in [-0.3, -0.25) is 0 Å². The maximum absolute atomic E-state index is 9.90. The molecule has 19 heavy (non-hydrogen) atoms. The summed E-state index contributed by atoms with van der Waals surface area (Å²) in [5.41, 5.74) is 1.14. The minimum atomic E-state index is -1.27. The second-order valence-electron chi connectivity index (χ2n) is 4.49. The first kappa shape index (κ1) is 14.9. The summed E-state index contributed by atoms with van der Waals surface area (Å²) in [6.45, 7) is -0.372. The molecule has 0 aromatic heterocycles. The Morgan fingerprint density at radius 1 is 1.00 bits per heavy atom. The standard InChI is InChI=1S/C13H18O5Se/c14-6-9-10(15)11(16)12(17)13(18-9)19-7-8-4-2-1-3-5-8/h1-5,9-17H,6-7H2/t9-,10-,11+,12-,13+/m1/s1. The Morgan fingerprint density at radius 2 is 1.68 bits per heavy atom. The van der Waals surface area contributed by atoms with E-state index < -0.39 is 29.4 Å². The van der Waals surface area contributed by atoms with Crippen molar-refractivity contribution in [3.05, 3.63) is 35.9 Å². The summed E-state index contributed by atoms with van der Waals surface area (Å²) in [5, 5.41) is 38.6. The molecule has 1 heterocycles. The second-order valence-corrected chi connectivity index (χ2v) is 6.77. The van der Waals surface area contributed by atoms with E-state index in [-0.39, 0.29) is 21.6 Å². The number of benzene rings is 1. The van der Waals surface area contributed by atoms with Crippen LogP contribution in [0.15, 0.2) is 30.3 Å². The van der Waals surface area contributed by atoms with E-state index in [1.807, 2.05) is 30.3 Å². The summed E-state index contributed by atoms with van der Waals surface area (Å²) in [4.78, 5) is 0. The van der Waals surface area contributed by atoms with Gasteiger partial charge in [0.1, 0.15) is 0 Å². The van der Waals surface area contributed by atoms with Crippen molar-refractivity contribution in [1.82, 2.24) is 0 Å². The molecule has 5 atom stereocenters. The van der Waals surface area contributed by atoms with Crippen LogP contribution in [0.2, 0.25) is 0 Å². The van der Waals surface area contributed by atoms with Gasteiger partial charge in [0.15, 0.2) is 0 Å². The predicted octanol–water partition coefficient (Wildman–Crippen LogP) is -1.31. The molecule has 0 radical (unpaired) electrons. The van der Waals surface area contributed by atoms with Crippen LogP contribution in [0.25, 0.3) is 0 Å². The van der Waals surface area contributed by atoms with E-state index in [4.69, 9.17) is 9.84 Å². The van der Waals surface area contributed by atoms with Crippen molar-refractivity contribution in [3.8, 4) is 0 Å². The molecular weight excluding hydrogens is 315 g/mol. The number of hydrogen-bond acceptors (Lipinski definition) is 5. The third-order valence-electron chi connectivity index (χ3n) is 3.11. The van der Waals surface area contributed by atoms with Crippen LogP contribution in [-0.4, -0.2) is 71.4 Å². The molecule has 2 rings (SSSR count). The Hall–Kier alpha value is -0.461. The zero-order valence-electron chi connectivity index (χ0n) is 10.3. The zero-order chi connectivity index (χ0) is 13.8. The van der Waals surface area contributed by atoms with Crippen LogP contribution in [-0.2, 0) is 10.1 Å². The normalized spacial score (nSPS) is 35.3. The number of ether oxygens (including phenoxy) is 1. The van der Waals surface area contributed by atoms with E-state index in [2.05, 4.69) is 0 Å². The van der Waals surface area contributed by atoms with Crippen LogP contribution >= 0.6 is 0 Å². The Balaban J connectivity index is 1.95. The fraction of sp³-hybridized carbons (Fsp3) is 0.538. The van der Waals surface area contributed by atoms with Gasteiger partial charge in [0.2, 0.25) is 0 Å². The molecule has 5 nitrogen and oxygen atoms in total. The van der Waals surface area contributed by atoms with Gasteiger partial charge in [-0.25, -0.2) is 0 Å². The number of hydrogen-bond donors (Lipinski definition) is 4. The molecule has 1 aliphatic heterocycles. The van der Waals surface area contributed by atoms with Crippen molar-refractivity contribution in [2.45, 2.75) is 34.7 Å². The van der Waals surface area contributed by atoms with E-state index >= 15 is 0 Å². The zero-order valence-corrected chi connectivity index (χ0v) is 12.0. The molecule has 1 saturated heterocycles. The van der Waals surface area contributed by atoms with E-state index in [1.54, 1.807) is 0 Å². The minimum absolute atomic E-state index is 0.0880. The molecule has 0 bridgehead atoms. The number of aliphatic hydroxyl groups excluding tert-OH is 4. The fourth-order valence-electron chi connectivity index (χ4n) is 1.96. The molecule has 0 amide bonds. The molecule has 0 unspecified atom stereocenters. The van der Waals surface area contributed by atoms with Crippen LogP contribution in [0, 0.1) is 0 Å². The molecule has 0 aliphatic carbocycles. The molecule has 1 aliphatic rings. The molecular formula is C13H18O5Se. The second kappa shape index (κ2) is 6.81. The van der Waals surface area contributed by atoms with Crippen molar-refractivity contribution >= 4 is 15.0 Å². The molecule has 1 aromatic carbocycles. The van der Waals surface area contributed by atoms with E-state index in [9.17, 15) is 15.3 Å². The van der Waals surface area contributed by atoms with Gasteiger partial charge in [0, 0.05) is 0 Å². The summed E-state index contributed by atoms with van der Waals surface area (Å²) in [6.07, 6.45) is -4.46. The molecule has 106 valence electrons. The topological polar surface area (TPSA) is 90.2 Å². The van der Waals surface area contributed by atoms with Crippen molar-refractivity contribution in [2.75, 3.05) is 6.61 Å². The Kier molecular flexibility index (Phi) is 5.36. The van der Waals surface area contributed by atoms with E-state index in [0.29, 0.717) is 0 Å². The van der Waals surface area contributed by atoms with Gasteiger partial charge in [0.05, 0.1) is 0 Å². The quantitative estimate of drug-likeness (QED) is 0.514. The first-order valence-corrected chi connectivity index (χ1v) is 8.29. The van der Waals surface area contributed by atoms with Crippen LogP contribution < -0.4 is 0 Å². The van der Waals surface area contributed by atoms with Crippen molar-refractivity contribution in [3.63, 3.8) is 0 Å². The summed E-state index contributed by atoms with van der Waals surface area (Å²) in [6, 6.07) is 9.80. The molecule has 0 saturated carbocycles. The molecule has 0 spiro atoms. The molecule has 4 N–H and O–H groups in total. The van der Waals surface area contributed by atoms with Crippen LogP contribution in [0.5, 0.6) is 0 Å². The molecule has 1 aromatic rings. The summed E-state index contributed by atoms with van der Waals surface area (Å²) < 4.78 is 5.47. The van der Waals surface area contributed by atoms with Gasteiger partial charge >= 0.3 is 117 Å². The average molecular weight is 333 g/mol. The summed E-state index contributed by atoms with van der Waals surface area (Å²) >= 11 is -0.0880. The van der Waals surface area contributed by atoms with Gasteiger partial charge in [-0.15, -0.1) is 0 Å². The molecule has 6 heteroatoms. The third-order valence-corrected chi connectivity index (χ3v) is 5.66. The number of aliphatic hydroxyl groups is 4. The number of rotatable bonds is 4. The molecule has 1 fully saturated rings. The van der Waals surface area contributed by atoms with Gasteiger partial charge in [-0.1, -0.05) is 0 Å². The predicted molar refractivity (Wildman–Crippen MR) is 69.7 cm³/mol. The van der Waals surface area contributed by atoms with Gasteiger partial charge in [0.25, 0.3) is 0 Å². The first-order valence-electron chi connectivity index (χ1n) is 6.09. The Bertz CT molecular complexity index is 386. The van der Waals surface area contributed by atoms with Gasteiger partial charge < -0.3 is 0 Å². The van der Waals surface area contributed by atoms with Crippen molar-refractivity contribution in [1.29, 1.82) is 0 Å².